The van der Waals surface area contributed by atoms with E-state index in [1.807, 2.05) is 23.1 Å². The fraction of sp³-hybridized carbons (Fsp3) is 0.400. The van der Waals surface area contributed by atoms with Crippen molar-refractivity contribution in [1.82, 2.24) is 9.88 Å². The molecule has 0 spiro atoms. The van der Waals surface area contributed by atoms with Crippen LogP contribution in [0.15, 0.2) is 24.4 Å². The van der Waals surface area contributed by atoms with E-state index >= 15 is 0 Å². The summed E-state index contributed by atoms with van der Waals surface area (Å²) in [6.45, 7) is 5.77. The van der Waals surface area contributed by atoms with Crippen molar-refractivity contribution >= 4 is 28.4 Å². The molecule has 2 aromatic rings. The molecule has 0 saturated carbocycles. The highest BCUT2D eigenvalue weighted by atomic mass is 35.5. The lowest BCUT2D eigenvalue weighted by Gasteiger charge is -2.21. The number of aromatic amines is 1. The Balaban J connectivity index is 2.34. The van der Waals surface area contributed by atoms with Crippen LogP contribution >= 0.6 is 11.6 Å². The number of hydrogen-bond donors (Lipinski definition) is 1. The molecule has 19 heavy (non-hydrogen) atoms. The molecular formula is C15H19ClN2O. The van der Waals surface area contributed by atoms with Gasteiger partial charge in [-0.3, -0.25) is 4.79 Å². The molecule has 0 atom stereocenters. The number of halogens is 1. The Morgan fingerprint density at radius 1 is 1.26 bits per heavy atom. The summed E-state index contributed by atoms with van der Waals surface area (Å²) >= 11 is 5.95. The summed E-state index contributed by atoms with van der Waals surface area (Å²) < 4.78 is 0. The van der Waals surface area contributed by atoms with Crippen molar-refractivity contribution in [3.8, 4) is 0 Å². The minimum absolute atomic E-state index is 0.0947. The smallest absolute Gasteiger partial charge is 0.256 e. The second kappa shape index (κ2) is 6.11. The third kappa shape index (κ3) is 2.92. The fourth-order valence-electron chi connectivity index (χ4n) is 2.30. The first-order chi connectivity index (χ1) is 9.17. The van der Waals surface area contributed by atoms with Gasteiger partial charge in [0.05, 0.1) is 5.56 Å². The molecule has 1 heterocycles. The zero-order valence-electron chi connectivity index (χ0n) is 11.4. The maximum Gasteiger partial charge on any atom is 0.256 e. The lowest BCUT2D eigenvalue weighted by molar-refractivity contribution is 0.0757. The zero-order chi connectivity index (χ0) is 13.8. The number of carbonyl (C=O) groups excluding carboxylic acids is 1. The highest BCUT2D eigenvalue weighted by Crippen LogP contribution is 2.23. The summed E-state index contributed by atoms with van der Waals surface area (Å²) in [6, 6.07) is 5.56. The molecule has 1 amide bonds. The molecule has 0 radical (unpaired) electrons. The highest BCUT2D eigenvalue weighted by Gasteiger charge is 2.17. The van der Waals surface area contributed by atoms with Crippen LogP contribution in [-0.2, 0) is 0 Å². The number of hydrogen-bond acceptors (Lipinski definition) is 1. The molecule has 0 unspecified atom stereocenters. The van der Waals surface area contributed by atoms with E-state index in [0.717, 1.165) is 42.4 Å². The van der Waals surface area contributed by atoms with Crippen molar-refractivity contribution in [3.05, 3.63) is 35.0 Å². The Kier molecular flexibility index (Phi) is 4.48. The number of fused-ring (bicyclic) bond motifs is 1. The summed E-state index contributed by atoms with van der Waals surface area (Å²) in [6.07, 6.45) is 3.72. The number of carbonyl (C=O) groups is 1. The number of benzene rings is 1. The van der Waals surface area contributed by atoms with Crippen LogP contribution < -0.4 is 0 Å². The lowest BCUT2D eigenvalue weighted by atomic mass is 10.1. The van der Waals surface area contributed by atoms with Gasteiger partial charge in [-0.2, -0.15) is 0 Å². The van der Waals surface area contributed by atoms with E-state index in [0.29, 0.717) is 5.02 Å². The Labute approximate surface area is 118 Å². The fourth-order valence-corrected chi connectivity index (χ4v) is 2.47. The summed E-state index contributed by atoms with van der Waals surface area (Å²) in [5, 5.41) is 1.61. The van der Waals surface area contributed by atoms with Crippen LogP contribution in [0.4, 0.5) is 0 Å². The number of rotatable bonds is 5. The van der Waals surface area contributed by atoms with E-state index in [9.17, 15) is 4.79 Å². The average molecular weight is 279 g/mol. The van der Waals surface area contributed by atoms with Crippen LogP contribution in [0.5, 0.6) is 0 Å². The Hall–Kier alpha value is -1.48. The van der Waals surface area contributed by atoms with Gasteiger partial charge in [0.15, 0.2) is 0 Å². The standard InChI is InChI=1S/C15H19ClN2O/c1-3-7-18(8-4-2)15(19)13-10-17-14-9-11(16)5-6-12(13)14/h5-6,9-10,17H,3-4,7-8H2,1-2H3. The molecule has 0 aliphatic heterocycles. The quantitative estimate of drug-likeness (QED) is 0.879. The molecule has 1 aromatic heterocycles. The SMILES string of the molecule is CCCN(CCC)C(=O)c1c[nH]c2cc(Cl)ccc12. The minimum atomic E-state index is 0.0947. The van der Waals surface area contributed by atoms with E-state index in [-0.39, 0.29) is 5.91 Å². The normalized spacial score (nSPS) is 10.9. The predicted molar refractivity (Wildman–Crippen MR) is 79.8 cm³/mol. The van der Waals surface area contributed by atoms with Crippen LogP contribution in [-0.4, -0.2) is 28.9 Å². The maximum absolute atomic E-state index is 12.6. The number of nitrogens with one attached hydrogen (secondary N) is 1. The predicted octanol–water partition coefficient (Wildman–Crippen LogP) is 4.08. The Morgan fingerprint density at radius 3 is 2.58 bits per heavy atom. The first kappa shape index (κ1) is 13.9. The number of H-pyrrole nitrogens is 1. The summed E-state index contributed by atoms with van der Waals surface area (Å²) in [5.74, 6) is 0.0947. The molecule has 102 valence electrons. The van der Waals surface area contributed by atoms with Gasteiger partial charge < -0.3 is 9.88 Å². The average Bonchev–Trinajstić information content (AvgIpc) is 2.80. The Bertz CT molecular complexity index is 571. The van der Waals surface area contributed by atoms with Gasteiger partial charge in [-0.25, -0.2) is 0 Å². The number of nitrogens with zero attached hydrogens (tertiary/aromatic N) is 1. The van der Waals surface area contributed by atoms with E-state index in [4.69, 9.17) is 11.6 Å². The van der Waals surface area contributed by atoms with Gasteiger partial charge in [0.2, 0.25) is 0 Å². The van der Waals surface area contributed by atoms with Gasteiger partial charge >= 0.3 is 0 Å². The van der Waals surface area contributed by atoms with Crippen molar-refractivity contribution in [2.24, 2.45) is 0 Å². The van der Waals surface area contributed by atoms with Gasteiger partial charge in [0, 0.05) is 35.2 Å². The van der Waals surface area contributed by atoms with Crippen LogP contribution in [0.1, 0.15) is 37.0 Å². The van der Waals surface area contributed by atoms with Crippen molar-refractivity contribution in [2.45, 2.75) is 26.7 Å². The second-order valence-electron chi connectivity index (χ2n) is 4.68. The van der Waals surface area contributed by atoms with Crippen LogP contribution in [0.2, 0.25) is 5.02 Å². The number of aromatic nitrogens is 1. The summed E-state index contributed by atoms with van der Waals surface area (Å²) in [7, 11) is 0. The van der Waals surface area contributed by atoms with E-state index in [2.05, 4.69) is 18.8 Å². The van der Waals surface area contributed by atoms with Crippen LogP contribution in [0, 0.1) is 0 Å². The molecule has 0 fully saturated rings. The van der Waals surface area contributed by atoms with Gasteiger partial charge in [0.1, 0.15) is 0 Å². The minimum Gasteiger partial charge on any atom is -0.360 e. The third-order valence-corrected chi connectivity index (χ3v) is 3.38. The largest absolute Gasteiger partial charge is 0.360 e. The molecule has 0 saturated heterocycles. The van der Waals surface area contributed by atoms with Crippen molar-refractivity contribution in [1.29, 1.82) is 0 Å². The van der Waals surface area contributed by atoms with E-state index in [1.165, 1.54) is 0 Å². The topological polar surface area (TPSA) is 36.1 Å². The summed E-state index contributed by atoms with van der Waals surface area (Å²) in [4.78, 5) is 17.6. The maximum atomic E-state index is 12.6. The monoisotopic (exact) mass is 278 g/mol. The van der Waals surface area contributed by atoms with Crippen molar-refractivity contribution in [2.75, 3.05) is 13.1 Å². The lowest BCUT2D eigenvalue weighted by Crippen LogP contribution is -2.32. The molecular weight excluding hydrogens is 260 g/mol. The van der Waals surface area contributed by atoms with Gasteiger partial charge in [-0.05, 0) is 25.0 Å². The van der Waals surface area contributed by atoms with Crippen LogP contribution in [0.25, 0.3) is 10.9 Å². The van der Waals surface area contributed by atoms with Gasteiger partial charge in [0.25, 0.3) is 5.91 Å². The van der Waals surface area contributed by atoms with Crippen molar-refractivity contribution in [3.63, 3.8) is 0 Å². The molecule has 3 nitrogen and oxygen atoms in total. The number of amides is 1. The molecule has 0 aliphatic carbocycles. The summed E-state index contributed by atoms with van der Waals surface area (Å²) in [5.41, 5.74) is 1.64. The molecule has 4 heteroatoms. The van der Waals surface area contributed by atoms with Gasteiger partial charge in [-0.1, -0.05) is 31.5 Å². The third-order valence-electron chi connectivity index (χ3n) is 3.15. The molecule has 1 N–H and O–H groups in total. The Morgan fingerprint density at radius 2 is 1.95 bits per heavy atom. The second-order valence-corrected chi connectivity index (χ2v) is 5.12. The highest BCUT2D eigenvalue weighted by molar-refractivity contribution is 6.31. The van der Waals surface area contributed by atoms with Crippen LogP contribution in [0.3, 0.4) is 0 Å². The molecule has 2 rings (SSSR count). The molecule has 1 aromatic carbocycles. The van der Waals surface area contributed by atoms with E-state index < -0.39 is 0 Å². The van der Waals surface area contributed by atoms with Crippen molar-refractivity contribution < 1.29 is 4.79 Å². The molecule has 0 aliphatic rings. The van der Waals surface area contributed by atoms with Gasteiger partial charge in [-0.15, -0.1) is 0 Å². The first-order valence-electron chi connectivity index (χ1n) is 6.73. The first-order valence-corrected chi connectivity index (χ1v) is 7.11. The van der Waals surface area contributed by atoms with E-state index in [1.54, 1.807) is 6.20 Å². The zero-order valence-corrected chi connectivity index (χ0v) is 12.1. The molecule has 0 bridgehead atoms.